The van der Waals surface area contributed by atoms with E-state index in [-0.39, 0.29) is 48.2 Å². The van der Waals surface area contributed by atoms with Crippen LogP contribution in [0.15, 0.2) is 0 Å². The van der Waals surface area contributed by atoms with Crippen LogP contribution in [0.1, 0.15) is 52.4 Å². The SMILES string of the molecule is CC(=O)N1CCC(NC2CC(C(=O)NC[C@H](O)CN3CCC4C(CCC(OCC5OCNC5C)C4Cl)C3)NCN2)CC1. The lowest BCUT2D eigenvalue weighted by atomic mass is 9.73. The fourth-order valence-corrected chi connectivity index (χ4v) is 7.89. The molecule has 8 unspecified atom stereocenters. The maximum atomic E-state index is 12.9. The van der Waals surface area contributed by atoms with Gasteiger partial charge in [0.25, 0.3) is 0 Å². The fraction of sp³-hybridized carbons (Fsp3) is 0.931. The summed E-state index contributed by atoms with van der Waals surface area (Å²) in [5, 5.41) is 27.3. The number of amides is 2. The summed E-state index contributed by atoms with van der Waals surface area (Å²) >= 11 is 6.95. The highest BCUT2D eigenvalue weighted by atomic mass is 35.5. The fourth-order valence-electron chi connectivity index (χ4n) is 7.36. The molecule has 13 heteroatoms. The Balaban J connectivity index is 0.978. The number of hydrogen-bond acceptors (Lipinski definition) is 10. The second-order valence-corrected chi connectivity index (χ2v) is 13.5. The van der Waals surface area contributed by atoms with Gasteiger partial charge in [-0.25, -0.2) is 0 Å². The van der Waals surface area contributed by atoms with Crippen LogP contribution in [0.2, 0.25) is 0 Å². The van der Waals surface area contributed by atoms with Crippen molar-refractivity contribution < 1.29 is 24.2 Å². The van der Waals surface area contributed by atoms with Crippen LogP contribution in [0, 0.1) is 11.8 Å². The first-order valence-corrected chi connectivity index (χ1v) is 16.5. The van der Waals surface area contributed by atoms with Crippen molar-refractivity contribution in [2.75, 3.05) is 59.3 Å². The molecule has 6 N–H and O–H groups in total. The van der Waals surface area contributed by atoms with Crippen molar-refractivity contribution in [2.45, 2.75) is 100 Å². The quantitative estimate of drug-likeness (QED) is 0.176. The molecule has 1 aliphatic carbocycles. The lowest BCUT2D eigenvalue weighted by Gasteiger charge is -2.46. The number of aliphatic hydroxyl groups excluding tert-OH is 1. The number of rotatable bonds is 10. The molecule has 0 radical (unpaired) electrons. The molecule has 42 heavy (non-hydrogen) atoms. The van der Waals surface area contributed by atoms with Gasteiger partial charge in [-0.1, -0.05) is 0 Å². The molecule has 5 fully saturated rings. The summed E-state index contributed by atoms with van der Waals surface area (Å²) in [7, 11) is 0. The summed E-state index contributed by atoms with van der Waals surface area (Å²) in [5.41, 5.74) is 0. The van der Waals surface area contributed by atoms with Crippen LogP contribution in [0.4, 0.5) is 0 Å². The molecule has 0 aromatic heterocycles. The van der Waals surface area contributed by atoms with Gasteiger partial charge in [0.2, 0.25) is 11.8 Å². The molecular weight excluding hydrogens is 562 g/mol. The van der Waals surface area contributed by atoms with E-state index in [0.717, 1.165) is 58.3 Å². The molecule has 5 rings (SSSR count). The highest BCUT2D eigenvalue weighted by molar-refractivity contribution is 6.21. The van der Waals surface area contributed by atoms with Gasteiger partial charge in [-0.05, 0) is 57.4 Å². The number of ether oxygens (including phenoxy) is 2. The van der Waals surface area contributed by atoms with Gasteiger partial charge in [0, 0.05) is 64.8 Å². The number of β-amino-alcohol motifs (C(OH)–C–C–N with tert-alkyl or cyclic N) is 1. The zero-order valence-corrected chi connectivity index (χ0v) is 26.0. The van der Waals surface area contributed by atoms with Gasteiger partial charge < -0.3 is 29.7 Å². The van der Waals surface area contributed by atoms with Crippen molar-refractivity contribution in [1.29, 1.82) is 0 Å². The van der Waals surface area contributed by atoms with E-state index in [4.69, 9.17) is 21.1 Å². The highest BCUT2D eigenvalue weighted by Crippen LogP contribution is 2.40. The Morgan fingerprint density at radius 2 is 1.93 bits per heavy atom. The Hall–Kier alpha value is -1.09. The number of aliphatic hydroxyl groups is 1. The minimum absolute atomic E-state index is 0.00364. The predicted octanol–water partition coefficient (Wildman–Crippen LogP) is -0.642. The largest absolute Gasteiger partial charge is 0.390 e. The van der Waals surface area contributed by atoms with Gasteiger partial charge in [-0.2, -0.15) is 0 Å². The van der Waals surface area contributed by atoms with Crippen molar-refractivity contribution in [1.82, 2.24) is 36.4 Å². The number of piperidine rings is 2. The Morgan fingerprint density at radius 1 is 1.12 bits per heavy atom. The third-order valence-corrected chi connectivity index (χ3v) is 10.6. The smallest absolute Gasteiger partial charge is 0.237 e. The molecule has 0 bridgehead atoms. The van der Waals surface area contributed by atoms with Crippen molar-refractivity contribution >= 4 is 23.4 Å². The molecule has 4 heterocycles. The first-order chi connectivity index (χ1) is 20.3. The van der Waals surface area contributed by atoms with Crippen LogP contribution >= 0.6 is 11.6 Å². The van der Waals surface area contributed by atoms with Crippen molar-refractivity contribution in [3.05, 3.63) is 0 Å². The second-order valence-electron chi connectivity index (χ2n) is 13.0. The van der Waals surface area contributed by atoms with E-state index in [9.17, 15) is 14.7 Å². The number of likely N-dealkylation sites (tertiary alicyclic amines) is 2. The van der Waals surface area contributed by atoms with Crippen LogP contribution in [0.25, 0.3) is 0 Å². The monoisotopic (exact) mass is 613 g/mol. The molecule has 0 aromatic carbocycles. The van der Waals surface area contributed by atoms with Crippen LogP contribution in [0.5, 0.6) is 0 Å². The van der Waals surface area contributed by atoms with Crippen molar-refractivity contribution in [3.63, 3.8) is 0 Å². The number of fused-ring (bicyclic) bond motifs is 1. The van der Waals surface area contributed by atoms with Crippen molar-refractivity contribution in [2.24, 2.45) is 11.8 Å². The maximum absolute atomic E-state index is 12.9. The molecule has 240 valence electrons. The average molecular weight is 614 g/mol. The number of carbonyl (C=O) groups is 2. The third-order valence-electron chi connectivity index (χ3n) is 10.0. The van der Waals surface area contributed by atoms with E-state index >= 15 is 0 Å². The number of halogens is 1. The van der Waals surface area contributed by atoms with Crippen LogP contribution in [-0.4, -0.2) is 134 Å². The van der Waals surface area contributed by atoms with Crippen LogP contribution in [-0.2, 0) is 19.1 Å². The van der Waals surface area contributed by atoms with Gasteiger partial charge >= 0.3 is 0 Å². The molecule has 0 aromatic rings. The molecule has 2 amide bonds. The molecule has 9 atom stereocenters. The molecule has 12 nitrogen and oxygen atoms in total. The van der Waals surface area contributed by atoms with E-state index in [1.165, 1.54) is 0 Å². The van der Waals surface area contributed by atoms with Gasteiger partial charge in [-0.15, -0.1) is 11.6 Å². The predicted molar refractivity (Wildman–Crippen MR) is 160 cm³/mol. The van der Waals surface area contributed by atoms with Crippen LogP contribution in [0.3, 0.4) is 0 Å². The number of hydrogen-bond donors (Lipinski definition) is 6. The van der Waals surface area contributed by atoms with E-state index in [0.29, 0.717) is 56.9 Å². The summed E-state index contributed by atoms with van der Waals surface area (Å²) in [4.78, 5) is 28.7. The van der Waals surface area contributed by atoms with E-state index < -0.39 is 6.10 Å². The minimum Gasteiger partial charge on any atom is -0.390 e. The number of nitrogens with one attached hydrogen (secondary N) is 5. The third kappa shape index (κ3) is 8.54. The van der Waals surface area contributed by atoms with Gasteiger partial charge in [0.15, 0.2) is 0 Å². The molecular formula is C29H52ClN7O5. The topological polar surface area (TPSA) is 139 Å². The molecule has 1 saturated carbocycles. The summed E-state index contributed by atoms with van der Waals surface area (Å²) in [5.74, 6) is 0.980. The molecule has 4 aliphatic heterocycles. The van der Waals surface area contributed by atoms with Gasteiger partial charge in [0.1, 0.15) is 0 Å². The standard InChI is InChI=1S/C29H52ClN7O5/c1-18-26(42-17-34-18)15-41-25-4-3-20-13-36(8-7-23(20)28(25)30)14-22(39)12-31-29(40)24-11-27(33-16-32-24)35-21-5-9-37(10-6-21)19(2)38/h18,20-28,32-35,39H,3-17H2,1-2H3,(H,31,40)/t18?,20?,22-,23?,24?,25?,26?,27?,28?/m0/s1. The number of alkyl halides is 1. The van der Waals surface area contributed by atoms with Crippen molar-refractivity contribution in [3.8, 4) is 0 Å². The summed E-state index contributed by atoms with van der Waals surface area (Å²) < 4.78 is 11.9. The Kier molecular flexibility index (Phi) is 11.7. The summed E-state index contributed by atoms with van der Waals surface area (Å²) in [6.07, 6.45) is 5.04. The van der Waals surface area contributed by atoms with Gasteiger partial charge in [-0.3, -0.25) is 30.9 Å². The maximum Gasteiger partial charge on any atom is 0.237 e. The summed E-state index contributed by atoms with van der Waals surface area (Å²) in [6, 6.07) is 0.310. The van der Waals surface area contributed by atoms with Gasteiger partial charge in [0.05, 0.1) is 49.2 Å². The number of nitrogens with zero attached hydrogens (tertiary/aromatic N) is 2. The van der Waals surface area contributed by atoms with E-state index in [2.05, 4.69) is 38.4 Å². The lowest BCUT2D eigenvalue weighted by molar-refractivity contribution is -0.130. The average Bonchev–Trinajstić information content (AvgIpc) is 3.40. The van der Waals surface area contributed by atoms with E-state index in [1.807, 2.05) is 4.90 Å². The minimum atomic E-state index is -0.624. The summed E-state index contributed by atoms with van der Waals surface area (Å²) in [6.45, 7) is 9.58. The molecule has 5 aliphatic rings. The first-order valence-electron chi connectivity index (χ1n) is 16.0. The Bertz CT molecular complexity index is 896. The molecule has 0 spiro atoms. The highest BCUT2D eigenvalue weighted by Gasteiger charge is 2.42. The zero-order chi connectivity index (χ0) is 29.6. The lowest BCUT2D eigenvalue weighted by Crippen LogP contribution is -2.62. The second kappa shape index (κ2) is 15.3. The Morgan fingerprint density at radius 3 is 2.67 bits per heavy atom. The zero-order valence-electron chi connectivity index (χ0n) is 25.2. The van der Waals surface area contributed by atoms with E-state index in [1.54, 1.807) is 6.92 Å². The normalized spacial score (nSPS) is 37.3. The first kappa shape index (κ1) is 32.3. The Labute approximate surface area is 255 Å². The number of carbonyl (C=O) groups excluding carboxylic acids is 2. The molecule has 4 saturated heterocycles. The van der Waals surface area contributed by atoms with Crippen LogP contribution < -0.4 is 26.6 Å².